The summed E-state index contributed by atoms with van der Waals surface area (Å²) in [5, 5.41) is 3.37. The van der Waals surface area contributed by atoms with Gasteiger partial charge in [0.25, 0.3) is 0 Å². The van der Waals surface area contributed by atoms with Crippen LogP contribution >= 0.6 is 0 Å². The molecular weight excluding hydrogens is 241 g/mol. The minimum absolute atomic E-state index is 0.334. The van der Waals surface area contributed by atoms with Crippen molar-refractivity contribution in [2.24, 2.45) is 0 Å². The fourth-order valence-electron chi connectivity index (χ4n) is 2.23. The third-order valence-electron chi connectivity index (χ3n) is 3.20. The van der Waals surface area contributed by atoms with Gasteiger partial charge in [-0.1, -0.05) is 6.92 Å². The normalized spacial score (nSPS) is 19.6. The van der Waals surface area contributed by atoms with E-state index in [-0.39, 0.29) is 0 Å². The highest BCUT2D eigenvalue weighted by Crippen LogP contribution is 2.24. The molecule has 0 saturated carbocycles. The van der Waals surface area contributed by atoms with E-state index in [1.165, 1.54) is 0 Å². The molecule has 0 aliphatic carbocycles. The van der Waals surface area contributed by atoms with E-state index >= 15 is 0 Å². The number of hydrogen-bond acceptors (Lipinski definition) is 2. The molecule has 1 atom stereocenters. The zero-order valence-electron chi connectivity index (χ0n) is 10.3. The van der Waals surface area contributed by atoms with Gasteiger partial charge in [0.15, 0.2) is 17.5 Å². The van der Waals surface area contributed by atoms with E-state index in [0.29, 0.717) is 18.3 Å². The molecule has 0 amide bonds. The topological polar surface area (TPSA) is 15.3 Å². The summed E-state index contributed by atoms with van der Waals surface area (Å²) in [4.78, 5) is 1.87. The summed E-state index contributed by atoms with van der Waals surface area (Å²) >= 11 is 0. The molecule has 2 rings (SSSR count). The van der Waals surface area contributed by atoms with E-state index < -0.39 is 17.5 Å². The van der Waals surface area contributed by atoms with Crippen LogP contribution in [-0.4, -0.2) is 25.7 Å². The molecule has 100 valence electrons. The quantitative estimate of drug-likeness (QED) is 0.835. The number of nitrogens with one attached hydrogen (secondary N) is 1. The second-order valence-electron chi connectivity index (χ2n) is 4.61. The highest BCUT2D eigenvalue weighted by molar-refractivity contribution is 5.48. The van der Waals surface area contributed by atoms with Crippen molar-refractivity contribution in [1.29, 1.82) is 0 Å². The molecule has 0 bridgehead atoms. The molecule has 1 N–H and O–H groups in total. The highest BCUT2D eigenvalue weighted by atomic mass is 19.2. The van der Waals surface area contributed by atoms with Crippen LogP contribution in [0.25, 0.3) is 0 Å². The van der Waals surface area contributed by atoms with Gasteiger partial charge < -0.3 is 10.2 Å². The van der Waals surface area contributed by atoms with E-state index in [1.807, 2.05) is 4.90 Å². The first-order chi connectivity index (χ1) is 8.61. The average Bonchev–Trinajstić information content (AvgIpc) is 2.81. The van der Waals surface area contributed by atoms with Crippen LogP contribution in [-0.2, 0) is 0 Å². The Hall–Kier alpha value is -1.23. The Morgan fingerprint density at radius 1 is 1.28 bits per heavy atom. The highest BCUT2D eigenvalue weighted by Gasteiger charge is 2.23. The van der Waals surface area contributed by atoms with Crippen LogP contribution in [0.1, 0.15) is 19.8 Å². The summed E-state index contributed by atoms with van der Waals surface area (Å²) in [5.74, 6) is -3.66. The molecule has 1 saturated heterocycles. The molecule has 2 nitrogen and oxygen atoms in total. The minimum atomic E-state index is -1.40. The van der Waals surface area contributed by atoms with E-state index in [4.69, 9.17) is 0 Å². The second-order valence-corrected chi connectivity index (χ2v) is 4.61. The van der Waals surface area contributed by atoms with Crippen LogP contribution in [0.4, 0.5) is 18.9 Å². The van der Waals surface area contributed by atoms with E-state index in [1.54, 1.807) is 0 Å². The fourth-order valence-corrected chi connectivity index (χ4v) is 2.23. The monoisotopic (exact) mass is 258 g/mol. The van der Waals surface area contributed by atoms with Crippen molar-refractivity contribution in [3.63, 3.8) is 0 Å². The Labute approximate surface area is 105 Å². The largest absolute Gasteiger partial charge is 0.370 e. The molecule has 1 aromatic carbocycles. The molecule has 1 unspecified atom stereocenters. The SMILES string of the molecule is CCCNC1CCN(c2cc(F)c(F)c(F)c2)C1. The summed E-state index contributed by atoms with van der Waals surface area (Å²) in [6.07, 6.45) is 1.98. The van der Waals surface area contributed by atoms with Crippen LogP contribution in [0.2, 0.25) is 0 Å². The summed E-state index contributed by atoms with van der Waals surface area (Å²) in [7, 11) is 0. The number of rotatable bonds is 4. The lowest BCUT2D eigenvalue weighted by atomic mass is 10.2. The Morgan fingerprint density at radius 3 is 2.56 bits per heavy atom. The first-order valence-electron chi connectivity index (χ1n) is 6.24. The van der Waals surface area contributed by atoms with Crippen LogP contribution in [0.5, 0.6) is 0 Å². The van der Waals surface area contributed by atoms with E-state index in [0.717, 1.165) is 38.1 Å². The number of halogens is 3. The van der Waals surface area contributed by atoms with Crippen molar-refractivity contribution in [1.82, 2.24) is 5.32 Å². The first-order valence-corrected chi connectivity index (χ1v) is 6.24. The van der Waals surface area contributed by atoms with Gasteiger partial charge in [-0.05, 0) is 19.4 Å². The van der Waals surface area contributed by atoms with Gasteiger partial charge in [-0.3, -0.25) is 0 Å². The molecule has 0 aromatic heterocycles. The molecule has 1 aromatic rings. The predicted octanol–water partition coefficient (Wildman–Crippen LogP) is 2.68. The third-order valence-corrected chi connectivity index (χ3v) is 3.20. The van der Waals surface area contributed by atoms with Crippen LogP contribution < -0.4 is 10.2 Å². The molecule has 18 heavy (non-hydrogen) atoms. The zero-order valence-corrected chi connectivity index (χ0v) is 10.3. The second kappa shape index (κ2) is 5.61. The maximum absolute atomic E-state index is 13.1. The summed E-state index contributed by atoms with van der Waals surface area (Å²) in [6.45, 7) is 4.45. The third kappa shape index (κ3) is 2.77. The smallest absolute Gasteiger partial charge is 0.194 e. The molecule has 1 heterocycles. The lowest BCUT2D eigenvalue weighted by molar-refractivity contribution is 0.447. The average molecular weight is 258 g/mol. The van der Waals surface area contributed by atoms with Gasteiger partial charge in [0.2, 0.25) is 0 Å². The van der Waals surface area contributed by atoms with Gasteiger partial charge in [-0.2, -0.15) is 0 Å². The summed E-state index contributed by atoms with van der Waals surface area (Å²) in [6, 6.07) is 2.45. The molecule has 1 aliphatic heterocycles. The number of anilines is 1. The predicted molar refractivity (Wildman–Crippen MR) is 65.2 cm³/mol. The fraction of sp³-hybridized carbons (Fsp3) is 0.538. The maximum atomic E-state index is 13.1. The Kier molecular flexibility index (Phi) is 4.11. The molecule has 0 radical (unpaired) electrons. The van der Waals surface area contributed by atoms with Crippen LogP contribution in [0, 0.1) is 17.5 Å². The molecule has 1 aliphatic rings. The van der Waals surface area contributed by atoms with Gasteiger partial charge in [-0.15, -0.1) is 0 Å². The number of nitrogens with zero attached hydrogens (tertiary/aromatic N) is 1. The molecule has 0 spiro atoms. The zero-order chi connectivity index (χ0) is 13.1. The van der Waals surface area contributed by atoms with Crippen molar-refractivity contribution >= 4 is 5.69 Å². The van der Waals surface area contributed by atoms with Crippen LogP contribution in [0.3, 0.4) is 0 Å². The van der Waals surface area contributed by atoms with Crippen molar-refractivity contribution in [3.8, 4) is 0 Å². The molecular formula is C13H17F3N2. The minimum Gasteiger partial charge on any atom is -0.370 e. The molecule has 1 fully saturated rings. The Bertz CT molecular complexity index is 400. The van der Waals surface area contributed by atoms with Crippen molar-refractivity contribution in [2.75, 3.05) is 24.5 Å². The van der Waals surface area contributed by atoms with Gasteiger partial charge >= 0.3 is 0 Å². The van der Waals surface area contributed by atoms with Crippen molar-refractivity contribution < 1.29 is 13.2 Å². The summed E-state index contributed by atoms with van der Waals surface area (Å²) < 4.78 is 39.1. The first kappa shape index (κ1) is 13.2. The maximum Gasteiger partial charge on any atom is 0.194 e. The van der Waals surface area contributed by atoms with Gasteiger partial charge in [0.1, 0.15) is 0 Å². The van der Waals surface area contributed by atoms with Crippen molar-refractivity contribution in [2.45, 2.75) is 25.8 Å². The molecule has 5 heteroatoms. The van der Waals surface area contributed by atoms with Gasteiger partial charge in [0, 0.05) is 37.0 Å². The van der Waals surface area contributed by atoms with E-state index in [9.17, 15) is 13.2 Å². The standard InChI is InChI=1S/C13H17F3N2/c1-2-4-17-9-3-5-18(8-9)10-6-11(14)13(16)12(15)7-10/h6-7,9,17H,2-5,8H2,1H3. The van der Waals surface area contributed by atoms with Gasteiger partial charge in [-0.25, -0.2) is 13.2 Å². The summed E-state index contributed by atoms with van der Waals surface area (Å²) in [5.41, 5.74) is 0.409. The van der Waals surface area contributed by atoms with Crippen LogP contribution in [0.15, 0.2) is 12.1 Å². The van der Waals surface area contributed by atoms with Gasteiger partial charge in [0.05, 0.1) is 0 Å². The Balaban J connectivity index is 2.05. The number of hydrogen-bond donors (Lipinski definition) is 1. The lowest BCUT2D eigenvalue weighted by Crippen LogP contribution is -2.33. The van der Waals surface area contributed by atoms with E-state index in [2.05, 4.69) is 12.2 Å². The Morgan fingerprint density at radius 2 is 1.94 bits per heavy atom. The number of benzene rings is 1. The van der Waals surface area contributed by atoms with Crippen molar-refractivity contribution in [3.05, 3.63) is 29.6 Å². The lowest BCUT2D eigenvalue weighted by Gasteiger charge is -2.19.